The maximum absolute atomic E-state index is 12.1. The molecule has 0 bridgehead atoms. The molecule has 1 unspecified atom stereocenters. The van der Waals surface area contributed by atoms with Gasteiger partial charge in [0.15, 0.2) is 0 Å². The first kappa shape index (κ1) is 13.0. The predicted octanol–water partition coefficient (Wildman–Crippen LogP) is 0.582. The topological polar surface area (TPSA) is 81.4 Å². The van der Waals surface area contributed by atoms with Crippen LogP contribution in [0.25, 0.3) is 0 Å². The highest BCUT2D eigenvalue weighted by Crippen LogP contribution is 2.26. The Kier molecular flexibility index (Phi) is 3.84. The van der Waals surface area contributed by atoms with Crippen molar-refractivity contribution in [1.29, 1.82) is 0 Å². The minimum atomic E-state index is -3.42. The zero-order valence-electron chi connectivity index (χ0n) is 9.60. The van der Waals surface area contributed by atoms with Gasteiger partial charge in [-0.3, -0.25) is 0 Å². The fourth-order valence-electron chi connectivity index (χ4n) is 1.73. The number of nitrogens with one attached hydrogen (secondary N) is 1. The molecule has 1 aliphatic rings. The summed E-state index contributed by atoms with van der Waals surface area (Å²) in [5.74, 6) is 0. The van der Waals surface area contributed by atoms with Crippen molar-refractivity contribution in [3.8, 4) is 0 Å². The van der Waals surface area contributed by atoms with Gasteiger partial charge in [0.1, 0.15) is 4.21 Å². The van der Waals surface area contributed by atoms with Crippen LogP contribution >= 0.6 is 11.3 Å². The highest BCUT2D eigenvalue weighted by Gasteiger charge is 2.25. The van der Waals surface area contributed by atoms with Crippen LogP contribution in [0, 0.1) is 6.92 Å². The molecule has 1 aliphatic heterocycles. The third-order valence-electron chi connectivity index (χ3n) is 2.70. The van der Waals surface area contributed by atoms with Gasteiger partial charge in [-0.25, -0.2) is 13.1 Å². The van der Waals surface area contributed by atoms with Gasteiger partial charge in [-0.15, -0.1) is 11.3 Å². The second kappa shape index (κ2) is 5.03. The molecule has 0 radical (unpaired) electrons. The van der Waals surface area contributed by atoms with E-state index in [0.717, 1.165) is 16.9 Å². The van der Waals surface area contributed by atoms with Crippen LogP contribution in [-0.4, -0.2) is 27.7 Å². The molecule has 1 aromatic rings. The molecule has 0 amide bonds. The highest BCUT2D eigenvalue weighted by molar-refractivity contribution is 7.91. The van der Waals surface area contributed by atoms with Crippen molar-refractivity contribution in [3.63, 3.8) is 0 Å². The van der Waals surface area contributed by atoms with Crippen LogP contribution in [0.4, 0.5) is 0 Å². The largest absolute Gasteiger partial charge is 0.380 e. The first-order chi connectivity index (χ1) is 8.03. The third kappa shape index (κ3) is 2.86. The summed E-state index contributed by atoms with van der Waals surface area (Å²) >= 11 is 1.23. The molecule has 5 nitrogen and oxygen atoms in total. The van der Waals surface area contributed by atoms with E-state index in [-0.39, 0.29) is 6.04 Å². The summed E-state index contributed by atoms with van der Waals surface area (Å²) in [7, 11) is -3.42. The van der Waals surface area contributed by atoms with E-state index in [1.54, 1.807) is 6.07 Å². The summed E-state index contributed by atoms with van der Waals surface area (Å²) in [5, 5.41) is 0. The summed E-state index contributed by atoms with van der Waals surface area (Å²) in [4.78, 5) is 0.910. The molecule has 1 aromatic heterocycles. The monoisotopic (exact) mass is 276 g/mol. The molecule has 1 fully saturated rings. The maximum Gasteiger partial charge on any atom is 0.250 e. The van der Waals surface area contributed by atoms with Crippen LogP contribution in [0.3, 0.4) is 0 Å². The fourth-order valence-corrected chi connectivity index (χ4v) is 4.47. The number of nitrogens with two attached hydrogens (primary N) is 1. The van der Waals surface area contributed by atoms with E-state index in [1.165, 1.54) is 11.3 Å². The maximum atomic E-state index is 12.1. The Morgan fingerprint density at radius 2 is 2.41 bits per heavy atom. The van der Waals surface area contributed by atoms with Crippen LogP contribution < -0.4 is 10.5 Å². The lowest BCUT2D eigenvalue weighted by atomic mass is 10.3. The number of thiophene rings is 1. The van der Waals surface area contributed by atoms with Crippen LogP contribution in [0.2, 0.25) is 0 Å². The molecule has 17 heavy (non-hydrogen) atoms. The van der Waals surface area contributed by atoms with Gasteiger partial charge in [0.2, 0.25) is 10.0 Å². The lowest BCUT2D eigenvalue weighted by Crippen LogP contribution is -2.34. The lowest BCUT2D eigenvalue weighted by molar-refractivity contribution is 0.192. The first-order valence-corrected chi connectivity index (χ1v) is 7.72. The molecule has 1 saturated heterocycles. The molecule has 0 aliphatic carbocycles. The minimum absolute atomic E-state index is 0.108. The molecule has 2 heterocycles. The van der Waals surface area contributed by atoms with Gasteiger partial charge in [-0.2, -0.15) is 0 Å². The van der Waals surface area contributed by atoms with E-state index in [4.69, 9.17) is 10.5 Å². The summed E-state index contributed by atoms with van der Waals surface area (Å²) in [6.45, 7) is 3.31. The molecule has 7 heteroatoms. The average molecular weight is 276 g/mol. The third-order valence-corrected chi connectivity index (χ3v) is 5.95. The van der Waals surface area contributed by atoms with Crippen molar-refractivity contribution in [1.82, 2.24) is 4.72 Å². The van der Waals surface area contributed by atoms with Gasteiger partial charge < -0.3 is 10.5 Å². The molecule has 3 N–H and O–H groups in total. The SMILES string of the molecule is Cc1cc(S(=O)(=O)NC2CCOC2)sc1CN. The average Bonchev–Trinajstić information content (AvgIpc) is 2.87. The second-order valence-corrected chi connectivity index (χ2v) is 7.14. The van der Waals surface area contributed by atoms with Gasteiger partial charge in [0, 0.05) is 24.1 Å². The zero-order valence-corrected chi connectivity index (χ0v) is 11.2. The van der Waals surface area contributed by atoms with E-state index in [9.17, 15) is 8.42 Å². The number of rotatable bonds is 4. The summed E-state index contributed by atoms with van der Waals surface area (Å²) in [6, 6.07) is 1.56. The summed E-state index contributed by atoms with van der Waals surface area (Å²) in [5.41, 5.74) is 6.48. The Morgan fingerprint density at radius 1 is 1.65 bits per heavy atom. The zero-order chi connectivity index (χ0) is 12.5. The van der Waals surface area contributed by atoms with E-state index in [1.807, 2.05) is 6.92 Å². The van der Waals surface area contributed by atoms with E-state index in [2.05, 4.69) is 4.72 Å². The van der Waals surface area contributed by atoms with Crippen LogP contribution in [0.1, 0.15) is 16.9 Å². The van der Waals surface area contributed by atoms with Crippen LogP contribution in [0.5, 0.6) is 0 Å². The number of aryl methyl sites for hydroxylation is 1. The van der Waals surface area contributed by atoms with Gasteiger partial charge in [-0.05, 0) is 25.0 Å². The Morgan fingerprint density at radius 3 is 2.94 bits per heavy atom. The van der Waals surface area contributed by atoms with E-state index in [0.29, 0.717) is 24.0 Å². The van der Waals surface area contributed by atoms with Crippen molar-refractivity contribution >= 4 is 21.4 Å². The van der Waals surface area contributed by atoms with Crippen molar-refractivity contribution in [2.75, 3.05) is 13.2 Å². The number of hydrogen-bond acceptors (Lipinski definition) is 5. The van der Waals surface area contributed by atoms with Crippen molar-refractivity contribution in [2.24, 2.45) is 5.73 Å². The van der Waals surface area contributed by atoms with Gasteiger partial charge in [0.25, 0.3) is 0 Å². The van der Waals surface area contributed by atoms with Crippen molar-refractivity contribution in [3.05, 3.63) is 16.5 Å². The smallest absolute Gasteiger partial charge is 0.250 e. The van der Waals surface area contributed by atoms with Gasteiger partial charge >= 0.3 is 0 Å². The second-order valence-electron chi connectivity index (χ2n) is 4.06. The molecule has 1 atom stereocenters. The van der Waals surface area contributed by atoms with Crippen molar-refractivity contribution in [2.45, 2.75) is 30.1 Å². The molecule has 96 valence electrons. The van der Waals surface area contributed by atoms with Crippen molar-refractivity contribution < 1.29 is 13.2 Å². The number of hydrogen-bond donors (Lipinski definition) is 2. The van der Waals surface area contributed by atoms with Crippen LogP contribution in [0.15, 0.2) is 10.3 Å². The van der Waals surface area contributed by atoms with E-state index < -0.39 is 10.0 Å². The Bertz CT molecular complexity index is 490. The number of sulfonamides is 1. The normalized spacial score (nSPS) is 20.9. The minimum Gasteiger partial charge on any atom is -0.380 e. The summed E-state index contributed by atoms with van der Waals surface area (Å²) in [6.07, 6.45) is 0.729. The molecular formula is C10H16N2O3S2. The molecular weight excluding hydrogens is 260 g/mol. The molecule has 0 saturated carbocycles. The quantitative estimate of drug-likeness (QED) is 0.843. The van der Waals surface area contributed by atoms with Crippen LogP contribution in [-0.2, 0) is 21.3 Å². The molecule has 0 spiro atoms. The first-order valence-electron chi connectivity index (χ1n) is 5.42. The Balaban J connectivity index is 2.18. The predicted molar refractivity (Wildman–Crippen MR) is 66.5 cm³/mol. The summed E-state index contributed by atoms with van der Waals surface area (Å²) < 4.78 is 32.3. The molecule has 2 rings (SSSR count). The van der Waals surface area contributed by atoms with E-state index >= 15 is 0 Å². The number of ether oxygens (including phenoxy) is 1. The van der Waals surface area contributed by atoms with Gasteiger partial charge in [0.05, 0.1) is 6.61 Å². The lowest BCUT2D eigenvalue weighted by Gasteiger charge is -2.09. The molecule has 0 aromatic carbocycles. The Labute approximate surface area is 105 Å². The Hall–Kier alpha value is -0.470. The standard InChI is InChI=1S/C10H16N2O3S2/c1-7-4-10(16-9(7)5-11)17(13,14)12-8-2-3-15-6-8/h4,8,12H,2-3,5-6,11H2,1H3. The fraction of sp³-hybridized carbons (Fsp3) is 0.600. The van der Waals surface area contributed by atoms with Gasteiger partial charge in [-0.1, -0.05) is 0 Å². The highest BCUT2D eigenvalue weighted by atomic mass is 32.2.